The molecule has 0 bridgehead atoms. The summed E-state index contributed by atoms with van der Waals surface area (Å²) in [6.07, 6.45) is 2.44. The van der Waals surface area contributed by atoms with Crippen molar-refractivity contribution in [1.29, 1.82) is 0 Å². The van der Waals surface area contributed by atoms with Crippen molar-refractivity contribution in [2.75, 3.05) is 39.3 Å². The van der Waals surface area contributed by atoms with E-state index in [-0.39, 0.29) is 24.0 Å². The fourth-order valence-electron chi connectivity index (χ4n) is 3.07. The lowest BCUT2D eigenvalue weighted by Crippen LogP contribution is -2.40. The van der Waals surface area contributed by atoms with Gasteiger partial charge in [-0.3, -0.25) is 4.99 Å². The number of benzene rings is 1. The summed E-state index contributed by atoms with van der Waals surface area (Å²) >= 11 is 0. The van der Waals surface area contributed by atoms with Crippen LogP contribution >= 0.6 is 24.0 Å². The summed E-state index contributed by atoms with van der Waals surface area (Å²) < 4.78 is 0. The van der Waals surface area contributed by atoms with E-state index >= 15 is 0 Å². The van der Waals surface area contributed by atoms with Crippen molar-refractivity contribution in [2.24, 2.45) is 16.8 Å². The van der Waals surface area contributed by atoms with Gasteiger partial charge in [0.15, 0.2) is 5.96 Å². The van der Waals surface area contributed by atoms with E-state index in [0.717, 1.165) is 37.9 Å². The molecule has 2 rings (SSSR count). The zero-order valence-electron chi connectivity index (χ0n) is 16.0. The van der Waals surface area contributed by atoms with Crippen LogP contribution in [0.5, 0.6) is 0 Å². The second-order valence-electron chi connectivity index (χ2n) is 7.19. The van der Waals surface area contributed by atoms with Crippen molar-refractivity contribution < 1.29 is 0 Å². The Labute approximate surface area is 170 Å². The van der Waals surface area contributed by atoms with Crippen LogP contribution in [0.15, 0.2) is 35.3 Å². The SMILES string of the molecule is CCNC(=NCC(C)C)NCC1CCN(CCc2ccccc2)C1.I. The van der Waals surface area contributed by atoms with Crippen LogP contribution in [0.3, 0.4) is 0 Å². The van der Waals surface area contributed by atoms with E-state index in [9.17, 15) is 0 Å². The molecule has 0 amide bonds. The summed E-state index contributed by atoms with van der Waals surface area (Å²) in [4.78, 5) is 7.24. The van der Waals surface area contributed by atoms with Gasteiger partial charge in [-0.15, -0.1) is 24.0 Å². The van der Waals surface area contributed by atoms with E-state index < -0.39 is 0 Å². The van der Waals surface area contributed by atoms with Gasteiger partial charge in [0.25, 0.3) is 0 Å². The summed E-state index contributed by atoms with van der Waals surface area (Å²) in [6, 6.07) is 10.8. The van der Waals surface area contributed by atoms with Crippen molar-refractivity contribution in [1.82, 2.24) is 15.5 Å². The van der Waals surface area contributed by atoms with Crippen LogP contribution < -0.4 is 10.6 Å². The molecule has 5 heteroatoms. The monoisotopic (exact) mass is 458 g/mol. The molecule has 2 N–H and O–H groups in total. The Hall–Kier alpha value is -0.820. The molecule has 1 unspecified atom stereocenters. The van der Waals surface area contributed by atoms with Gasteiger partial charge in [0.1, 0.15) is 0 Å². The summed E-state index contributed by atoms with van der Waals surface area (Å²) in [5.74, 6) is 2.29. The number of aliphatic imine (C=N–C) groups is 1. The molecular formula is C20H35IN4. The molecule has 0 aliphatic carbocycles. The molecule has 1 aliphatic rings. The van der Waals surface area contributed by atoms with Crippen LogP contribution in [0.25, 0.3) is 0 Å². The van der Waals surface area contributed by atoms with Gasteiger partial charge in [-0.2, -0.15) is 0 Å². The topological polar surface area (TPSA) is 39.7 Å². The molecule has 25 heavy (non-hydrogen) atoms. The van der Waals surface area contributed by atoms with Gasteiger partial charge in [-0.05, 0) is 43.7 Å². The van der Waals surface area contributed by atoms with Gasteiger partial charge in [0.05, 0.1) is 0 Å². The molecule has 1 heterocycles. The lowest BCUT2D eigenvalue weighted by atomic mass is 10.1. The van der Waals surface area contributed by atoms with E-state index in [1.165, 1.54) is 31.6 Å². The van der Waals surface area contributed by atoms with Gasteiger partial charge < -0.3 is 15.5 Å². The third kappa shape index (κ3) is 8.90. The first-order chi connectivity index (χ1) is 11.7. The van der Waals surface area contributed by atoms with Crippen LogP contribution in [0, 0.1) is 11.8 Å². The average molecular weight is 458 g/mol. The predicted molar refractivity (Wildman–Crippen MR) is 119 cm³/mol. The normalized spacial score (nSPS) is 18.2. The van der Waals surface area contributed by atoms with E-state index in [1.54, 1.807) is 0 Å². The number of halogens is 1. The predicted octanol–water partition coefficient (Wildman–Crippen LogP) is 3.38. The smallest absolute Gasteiger partial charge is 0.191 e. The van der Waals surface area contributed by atoms with Crippen molar-refractivity contribution >= 4 is 29.9 Å². The molecule has 1 aromatic carbocycles. The number of hydrogen-bond donors (Lipinski definition) is 2. The molecule has 1 aromatic rings. The Bertz CT molecular complexity index is 490. The molecule has 1 aliphatic heterocycles. The number of likely N-dealkylation sites (tertiary alicyclic amines) is 1. The lowest BCUT2D eigenvalue weighted by molar-refractivity contribution is 0.328. The third-order valence-electron chi connectivity index (χ3n) is 4.45. The highest BCUT2D eigenvalue weighted by Gasteiger charge is 2.22. The van der Waals surface area contributed by atoms with Gasteiger partial charge in [0, 0.05) is 32.7 Å². The first kappa shape index (κ1) is 22.2. The maximum atomic E-state index is 4.65. The van der Waals surface area contributed by atoms with Crippen molar-refractivity contribution in [2.45, 2.75) is 33.6 Å². The van der Waals surface area contributed by atoms with E-state index in [1.807, 2.05) is 0 Å². The zero-order valence-corrected chi connectivity index (χ0v) is 18.3. The minimum atomic E-state index is 0. The molecule has 1 saturated heterocycles. The summed E-state index contributed by atoms with van der Waals surface area (Å²) in [6.45, 7) is 12.9. The van der Waals surface area contributed by atoms with Crippen molar-refractivity contribution in [3.05, 3.63) is 35.9 Å². The van der Waals surface area contributed by atoms with Gasteiger partial charge in [0.2, 0.25) is 0 Å². The fourth-order valence-corrected chi connectivity index (χ4v) is 3.07. The number of hydrogen-bond acceptors (Lipinski definition) is 2. The molecule has 1 fully saturated rings. The summed E-state index contributed by atoms with van der Waals surface area (Å²) in [5, 5.41) is 6.87. The number of rotatable bonds is 8. The Kier molecular flexibility index (Phi) is 11.1. The van der Waals surface area contributed by atoms with Gasteiger partial charge >= 0.3 is 0 Å². The van der Waals surface area contributed by atoms with Crippen molar-refractivity contribution in [3.63, 3.8) is 0 Å². The zero-order chi connectivity index (χ0) is 17.2. The Morgan fingerprint density at radius 3 is 2.68 bits per heavy atom. The molecule has 0 spiro atoms. The molecule has 1 atom stereocenters. The largest absolute Gasteiger partial charge is 0.357 e. The van der Waals surface area contributed by atoms with Gasteiger partial charge in [-0.25, -0.2) is 0 Å². The molecule has 142 valence electrons. The second kappa shape index (κ2) is 12.5. The fraction of sp³-hybridized carbons (Fsp3) is 0.650. The van der Waals surface area contributed by atoms with Crippen LogP contribution in [0.1, 0.15) is 32.8 Å². The minimum Gasteiger partial charge on any atom is -0.357 e. The van der Waals surface area contributed by atoms with Crippen LogP contribution in [0.4, 0.5) is 0 Å². The number of nitrogens with zero attached hydrogens (tertiary/aromatic N) is 2. The van der Waals surface area contributed by atoms with E-state index in [2.05, 4.69) is 71.6 Å². The lowest BCUT2D eigenvalue weighted by Gasteiger charge is -2.17. The Morgan fingerprint density at radius 2 is 2.00 bits per heavy atom. The third-order valence-corrected chi connectivity index (χ3v) is 4.45. The highest BCUT2D eigenvalue weighted by molar-refractivity contribution is 14.0. The van der Waals surface area contributed by atoms with Crippen molar-refractivity contribution in [3.8, 4) is 0 Å². The Balaban J connectivity index is 0.00000312. The molecule has 4 nitrogen and oxygen atoms in total. The standard InChI is InChI=1S/C20H34N4.HI/c1-4-21-20(22-14-17(2)3)23-15-19-11-13-24(16-19)12-10-18-8-6-5-7-9-18;/h5-9,17,19H,4,10-16H2,1-3H3,(H2,21,22,23);1H. The quantitative estimate of drug-likeness (QED) is 0.357. The van der Waals surface area contributed by atoms with Crippen LogP contribution in [-0.2, 0) is 6.42 Å². The maximum absolute atomic E-state index is 4.65. The van der Waals surface area contributed by atoms with E-state index in [4.69, 9.17) is 0 Å². The van der Waals surface area contributed by atoms with Crippen LogP contribution in [-0.4, -0.2) is 50.1 Å². The molecule has 0 aromatic heterocycles. The molecule has 0 saturated carbocycles. The number of guanidine groups is 1. The highest BCUT2D eigenvalue weighted by Crippen LogP contribution is 2.16. The minimum absolute atomic E-state index is 0. The van der Waals surface area contributed by atoms with E-state index in [0.29, 0.717) is 5.92 Å². The van der Waals surface area contributed by atoms with Crippen LogP contribution in [0.2, 0.25) is 0 Å². The molecular weight excluding hydrogens is 423 g/mol. The summed E-state index contributed by atoms with van der Waals surface area (Å²) in [7, 11) is 0. The first-order valence-corrected chi connectivity index (χ1v) is 9.45. The highest BCUT2D eigenvalue weighted by atomic mass is 127. The number of nitrogens with one attached hydrogen (secondary N) is 2. The average Bonchev–Trinajstić information content (AvgIpc) is 3.04. The molecule has 0 radical (unpaired) electrons. The van der Waals surface area contributed by atoms with Gasteiger partial charge in [-0.1, -0.05) is 44.2 Å². The maximum Gasteiger partial charge on any atom is 0.191 e. The summed E-state index contributed by atoms with van der Waals surface area (Å²) in [5.41, 5.74) is 1.44. The first-order valence-electron chi connectivity index (χ1n) is 9.45. The Morgan fingerprint density at radius 1 is 1.24 bits per heavy atom. The second-order valence-corrected chi connectivity index (χ2v) is 7.19.